The second kappa shape index (κ2) is 13.1. The summed E-state index contributed by atoms with van der Waals surface area (Å²) in [7, 11) is 0. The first-order chi connectivity index (χ1) is 14.3. The number of rotatable bonds is 7. The van der Waals surface area contributed by atoms with Crippen molar-refractivity contribution in [1.82, 2.24) is 20.7 Å². The van der Waals surface area contributed by atoms with Crippen LogP contribution in [0.5, 0.6) is 0 Å². The number of guanidine groups is 1. The van der Waals surface area contributed by atoms with Gasteiger partial charge in [-0.25, -0.2) is 9.79 Å². The first kappa shape index (κ1) is 27.5. The third-order valence-corrected chi connectivity index (χ3v) is 5.08. The number of hydrogen-bond acceptors (Lipinski definition) is 5. The quantitative estimate of drug-likeness (QED) is 0.302. The molecule has 1 aromatic heterocycles. The molecule has 0 spiro atoms. The Morgan fingerprint density at radius 2 is 2.00 bits per heavy atom. The zero-order chi connectivity index (χ0) is 22.1. The molecule has 178 valence electrons. The fourth-order valence-electron chi connectivity index (χ4n) is 3.58. The molecule has 1 saturated heterocycles. The van der Waals surface area contributed by atoms with E-state index in [1.807, 2.05) is 25.7 Å². The van der Waals surface area contributed by atoms with Gasteiger partial charge in [-0.1, -0.05) is 19.0 Å². The van der Waals surface area contributed by atoms with Gasteiger partial charge in [-0.05, 0) is 52.9 Å². The fourth-order valence-corrected chi connectivity index (χ4v) is 3.58. The van der Waals surface area contributed by atoms with E-state index in [9.17, 15) is 4.79 Å². The number of ether oxygens (including phenoxy) is 1. The molecule has 0 radical (unpaired) electrons. The average molecular weight is 549 g/mol. The van der Waals surface area contributed by atoms with Gasteiger partial charge in [0.25, 0.3) is 0 Å². The molecule has 31 heavy (non-hydrogen) atoms. The Balaban J connectivity index is 0.00000480. The lowest BCUT2D eigenvalue weighted by molar-refractivity contribution is 0.0168. The molecule has 1 aliphatic rings. The second-order valence-corrected chi connectivity index (χ2v) is 8.75. The van der Waals surface area contributed by atoms with E-state index in [0.29, 0.717) is 19.0 Å². The molecule has 1 aromatic rings. The van der Waals surface area contributed by atoms with Crippen molar-refractivity contribution in [3.05, 3.63) is 17.0 Å². The molecule has 2 rings (SSSR count). The van der Waals surface area contributed by atoms with Crippen molar-refractivity contribution in [2.24, 2.45) is 10.9 Å². The van der Waals surface area contributed by atoms with Crippen molar-refractivity contribution < 1.29 is 14.1 Å². The predicted octanol–water partition coefficient (Wildman–Crippen LogP) is 4.12. The molecule has 1 unspecified atom stereocenters. The number of likely N-dealkylation sites (tertiary alicyclic amines) is 1. The van der Waals surface area contributed by atoms with Crippen LogP contribution in [0.25, 0.3) is 0 Å². The Hall–Kier alpha value is -1.52. The van der Waals surface area contributed by atoms with E-state index in [2.05, 4.69) is 36.6 Å². The number of amides is 1. The summed E-state index contributed by atoms with van der Waals surface area (Å²) >= 11 is 0. The average Bonchev–Trinajstić information content (AvgIpc) is 3.11. The molecule has 9 heteroatoms. The van der Waals surface area contributed by atoms with Gasteiger partial charge >= 0.3 is 6.09 Å². The van der Waals surface area contributed by atoms with Gasteiger partial charge in [0.15, 0.2) is 5.96 Å². The lowest BCUT2D eigenvalue weighted by Crippen LogP contribution is -2.47. The number of carbonyl (C=O) groups excluding carboxylic acids is 1. The summed E-state index contributed by atoms with van der Waals surface area (Å²) in [5.41, 5.74) is 1.60. The highest BCUT2D eigenvalue weighted by Crippen LogP contribution is 2.19. The Kier molecular flexibility index (Phi) is 11.6. The van der Waals surface area contributed by atoms with Gasteiger partial charge in [0.1, 0.15) is 11.4 Å². The normalized spacial score (nSPS) is 17.2. The van der Waals surface area contributed by atoms with Crippen LogP contribution in [-0.2, 0) is 24.1 Å². The summed E-state index contributed by atoms with van der Waals surface area (Å²) in [6.07, 6.45) is 3.49. The monoisotopic (exact) mass is 549 g/mol. The number of aromatic nitrogens is 1. The zero-order valence-electron chi connectivity index (χ0n) is 19.9. The third kappa shape index (κ3) is 8.86. The first-order valence-corrected chi connectivity index (χ1v) is 11.2. The smallest absolute Gasteiger partial charge is 0.410 e. The van der Waals surface area contributed by atoms with E-state index < -0.39 is 5.60 Å². The van der Waals surface area contributed by atoms with Gasteiger partial charge in [-0.2, -0.15) is 0 Å². The number of nitrogens with zero attached hydrogens (tertiary/aromatic N) is 3. The van der Waals surface area contributed by atoms with Crippen molar-refractivity contribution in [3.8, 4) is 0 Å². The summed E-state index contributed by atoms with van der Waals surface area (Å²) in [5, 5.41) is 10.9. The minimum atomic E-state index is -0.468. The Morgan fingerprint density at radius 3 is 2.61 bits per heavy atom. The number of hydrogen-bond donors (Lipinski definition) is 2. The molecule has 8 nitrogen and oxygen atoms in total. The molecule has 2 heterocycles. The predicted molar refractivity (Wildman–Crippen MR) is 134 cm³/mol. The Labute approximate surface area is 203 Å². The van der Waals surface area contributed by atoms with E-state index in [4.69, 9.17) is 14.3 Å². The van der Waals surface area contributed by atoms with Gasteiger partial charge in [0, 0.05) is 38.2 Å². The van der Waals surface area contributed by atoms with E-state index >= 15 is 0 Å². The van der Waals surface area contributed by atoms with Gasteiger partial charge in [0.05, 0.1) is 12.2 Å². The fraction of sp³-hybridized carbons (Fsp3) is 0.773. The molecule has 1 aliphatic heterocycles. The second-order valence-electron chi connectivity index (χ2n) is 8.75. The Morgan fingerprint density at radius 1 is 1.26 bits per heavy atom. The summed E-state index contributed by atoms with van der Waals surface area (Å²) in [4.78, 5) is 19.0. The molecular weight excluding hydrogens is 509 g/mol. The molecule has 1 amide bonds. The van der Waals surface area contributed by atoms with Crippen molar-refractivity contribution in [3.63, 3.8) is 0 Å². The number of halogens is 1. The number of piperidine rings is 1. The summed E-state index contributed by atoms with van der Waals surface area (Å²) in [5.74, 6) is 2.05. The van der Waals surface area contributed by atoms with Crippen LogP contribution in [0.1, 0.15) is 71.4 Å². The highest BCUT2D eigenvalue weighted by molar-refractivity contribution is 14.0. The number of aliphatic imine (C=N–C) groups is 1. The maximum atomic E-state index is 12.4. The first-order valence-electron chi connectivity index (χ1n) is 11.2. The number of nitrogens with one attached hydrogen (secondary N) is 2. The summed E-state index contributed by atoms with van der Waals surface area (Å²) in [6.45, 7) is 15.4. The van der Waals surface area contributed by atoms with Crippen LogP contribution in [0.15, 0.2) is 9.52 Å². The molecule has 1 atom stereocenters. The molecule has 0 aliphatic carbocycles. The van der Waals surface area contributed by atoms with Crippen LogP contribution in [0.4, 0.5) is 4.79 Å². The highest BCUT2D eigenvalue weighted by Gasteiger charge is 2.27. The molecular formula is C22H40IN5O3. The van der Waals surface area contributed by atoms with Gasteiger partial charge in [-0.3, -0.25) is 0 Å². The minimum Gasteiger partial charge on any atom is -0.444 e. The van der Waals surface area contributed by atoms with Crippen molar-refractivity contribution in [2.75, 3.05) is 26.2 Å². The van der Waals surface area contributed by atoms with E-state index in [1.54, 1.807) is 0 Å². The van der Waals surface area contributed by atoms with Crippen LogP contribution in [0.3, 0.4) is 0 Å². The molecule has 1 fully saturated rings. The van der Waals surface area contributed by atoms with Crippen LogP contribution in [0.2, 0.25) is 0 Å². The largest absolute Gasteiger partial charge is 0.444 e. The molecule has 0 aromatic carbocycles. The summed E-state index contributed by atoms with van der Waals surface area (Å²) < 4.78 is 11.0. The third-order valence-electron chi connectivity index (χ3n) is 5.08. The van der Waals surface area contributed by atoms with Gasteiger partial charge < -0.3 is 24.8 Å². The zero-order valence-corrected chi connectivity index (χ0v) is 22.2. The molecule has 2 N–H and O–H groups in total. The van der Waals surface area contributed by atoms with Crippen LogP contribution < -0.4 is 10.6 Å². The number of carbonyl (C=O) groups is 1. The van der Waals surface area contributed by atoms with Gasteiger partial charge in [-0.15, -0.1) is 24.0 Å². The minimum absolute atomic E-state index is 0. The lowest BCUT2D eigenvalue weighted by atomic mass is 9.98. The van der Waals surface area contributed by atoms with Crippen LogP contribution in [-0.4, -0.2) is 53.9 Å². The topological polar surface area (TPSA) is 92.0 Å². The maximum absolute atomic E-state index is 12.4. The van der Waals surface area contributed by atoms with E-state index in [-0.39, 0.29) is 30.1 Å². The van der Waals surface area contributed by atoms with E-state index in [1.165, 1.54) is 0 Å². The molecule has 0 bridgehead atoms. The van der Waals surface area contributed by atoms with Crippen molar-refractivity contribution >= 4 is 36.0 Å². The van der Waals surface area contributed by atoms with Gasteiger partial charge in [0.2, 0.25) is 0 Å². The number of aryl methyl sites for hydroxylation is 2. The molecule has 0 saturated carbocycles. The van der Waals surface area contributed by atoms with Crippen molar-refractivity contribution in [1.29, 1.82) is 0 Å². The lowest BCUT2D eigenvalue weighted by Gasteiger charge is -2.34. The Bertz CT molecular complexity index is 693. The van der Waals surface area contributed by atoms with Crippen molar-refractivity contribution in [2.45, 2.75) is 79.4 Å². The van der Waals surface area contributed by atoms with E-state index in [0.717, 1.165) is 68.3 Å². The van der Waals surface area contributed by atoms with Crippen LogP contribution >= 0.6 is 24.0 Å². The van der Waals surface area contributed by atoms with Crippen LogP contribution in [0, 0.1) is 5.92 Å². The SMILES string of the molecule is CCNC(=NCc1c(CC)noc1CC)NCC1CCCN(C(=O)OC(C)(C)C)C1.I. The standard InChI is InChI=1S/C22H39N5O3.HI/c1-7-18-17(19(8-2)30-26-18)14-25-20(23-9-3)24-13-16-11-10-12-27(15-16)21(28)29-22(4,5)6;/h16H,7-15H2,1-6H3,(H2,23,24,25);1H. The highest BCUT2D eigenvalue weighted by atomic mass is 127. The maximum Gasteiger partial charge on any atom is 0.410 e. The summed E-state index contributed by atoms with van der Waals surface area (Å²) in [6, 6.07) is 0.